The lowest BCUT2D eigenvalue weighted by Crippen LogP contribution is -2.61. The van der Waals surface area contributed by atoms with Crippen LogP contribution in [0.1, 0.15) is 47.0 Å². The van der Waals surface area contributed by atoms with E-state index in [-0.39, 0.29) is 12.0 Å². The maximum Gasteiger partial charge on any atom is 0.107 e. The van der Waals surface area contributed by atoms with Gasteiger partial charge in [0.15, 0.2) is 0 Å². The fraction of sp³-hybridized carbons (Fsp3) is 0.684. The van der Waals surface area contributed by atoms with E-state index in [1.165, 1.54) is 5.57 Å². The van der Waals surface area contributed by atoms with Crippen molar-refractivity contribution in [3.63, 3.8) is 0 Å². The average Bonchev–Trinajstić information content (AvgIpc) is 2.93. The molecule has 2 aliphatic heterocycles. The van der Waals surface area contributed by atoms with Crippen LogP contribution in [0.25, 0.3) is 0 Å². The zero-order valence-electron chi connectivity index (χ0n) is 14.4. The normalized spacial score (nSPS) is 37.0. The summed E-state index contributed by atoms with van der Waals surface area (Å²) in [5.74, 6) is 0.250. The fourth-order valence-electron chi connectivity index (χ4n) is 3.61. The maximum absolute atomic E-state index is 10.7. The first-order valence-corrected chi connectivity index (χ1v) is 8.55. The largest absolute Gasteiger partial charge is 0.386 e. The molecule has 4 atom stereocenters. The molecule has 0 radical (unpaired) electrons. The Morgan fingerprint density at radius 3 is 2.91 bits per heavy atom. The third-order valence-corrected chi connectivity index (χ3v) is 5.16. The Hall–Kier alpha value is -0.900. The Morgan fingerprint density at radius 2 is 2.23 bits per heavy atom. The maximum atomic E-state index is 10.7. The molecule has 0 spiro atoms. The van der Waals surface area contributed by atoms with Gasteiger partial charge in [-0.15, -0.1) is 0 Å². The number of aliphatic hydroxyl groups excluding tert-OH is 1. The second kappa shape index (κ2) is 7.12. The van der Waals surface area contributed by atoms with E-state index in [4.69, 9.17) is 0 Å². The topological polar surface area (TPSA) is 43.7 Å². The van der Waals surface area contributed by atoms with Gasteiger partial charge in [0.2, 0.25) is 0 Å². The number of piperidine rings is 1. The summed E-state index contributed by atoms with van der Waals surface area (Å²) in [5, 5.41) is 21.3. The average molecular weight is 305 g/mol. The zero-order valence-corrected chi connectivity index (χ0v) is 14.4. The van der Waals surface area contributed by atoms with Gasteiger partial charge in [0.1, 0.15) is 11.7 Å². The van der Waals surface area contributed by atoms with Crippen molar-refractivity contribution >= 4 is 0 Å². The number of nitrogens with zero attached hydrogens (tertiary/aromatic N) is 1. The number of hydrogen-bond acceptors (Lipinski definition) is 3. The van der Waals surface area contributed by atoms with Crippen LogP contribution in [0, 0.1) is 5.92 Å². The van der Waals surface area contributed by atoms with Crippen LogP contribution >= 0.6 is 0 Å². The molecule has 22 heavy (non-hydrogen) atoms. The van der Waals surface area contributed by atoms with E-state index in [9.17, 15) is 10.2 Å². The van der Waals surface area contributed by atoms with Crippen LogP contribution in [0.5, 0.6) is 0 Å². The summed E-state index contributed by atoms with van der Waals surface area (Å²) >= 11 is 0. The second-order valence-corrected chi connectivity index (χ2v) is 7.11. The fourth-order valence-corrected chi connectivity index (χ4v) is 3.61. The van der Waals surface area contributed by atoms with Gasteiger partial charge in [-0.2, -0.15) is 0 Å². The lowest BCUT2D eigenvalue weighted by atomic mass is 9.80. The van der Waals surface area contributed by atoms with Gasteiger partial charge >= 0.3 is 0 Å². The van der Waals surface area contributed by atoms with Crippen molar-refractivity contribution in [3.8, 4) is 0 Å². The molecule has 0 amide bonds. The molecule has 2 heterocycles. The van der Waals surface area contributed by atoms with Crippen molar-refractivity contribution < 1.29 is 10.2 Å². The molecule has 0 saturated carbocycles. The SMILES string of the molecule is CC/C(C)=C/C=C/C(C)/C=C1\CN2CCCC2C(C)(O)C1O. The van der Waals surface area contributed by atoms with Crippen molar-refractivity contribution in [3.05, 3.63) is 35.5 Å². The summed E-state index contributed by atoms with van der Waals surface area (Å²) in [5.41, 5.74) is 1.27. The molecule has 2 rings (SSSR count). The third kappa shape index (κ3) is 3.70. The van der Waals surface area contributed by atoms with E-state index in [2.05, 4.69) is 50.0 Å². The minimum absolute atomic E-state index is 0.0978. The predicted octanol–water partition coefficient (Wildman–Crippen LogP) is 3.05. The number of allylic oxidation sites excluding steroid dienone is 5. The van der Waals surface area contributed by atoms with Gasteiger partial charge in [-0.05, 0) is 51.1 Å². The number of aliphatic hydroxyl groups is 2. The van der Waals surface area contributed by atoms with Crippen LogP contribution in [0.2, 0.25) is 0 Å². The number of rotatable bonds is 4. The summed E-state index contributed by atoms with van der Waals surface area (Å²) in [6, 6.07) is 0.0978. The first kappa shape index (κ1) is 17.5. The first-order chi connectivity index (χ1) is 10.4. The number of hydrogen-bond donors (Lipinski definition) is 2. The Bertz CT molecular complexity index is 476. The molecule has 2 aliphatic rings. The highest BCUT2D eigenvalue weighted by Gasteiger charge is 2.49. The molecule has 0 aliphatic carbocycles. The van der Waals surface area contributed by atoms with Crippen LogP contribution in [0.15, 0.2) is 35.5 Å². The lowest BCUT2D eigenvalue weighted by Gasteiger charge is -2.46. The minimum Gasteiger partial charge on any atom is -0.386 e. The highest BCUT2D eigenvalue weighted by molar-refractivity contribution is 5.25. The quantitative estimate of drug-likeness (QED) is 0.620. The van der Waals surface area contributed by atoms with Gasteiger partial charge in [-0.3, -0.25) is 4.90 Å². The van der Waals surface area contributed by atoms with Crippen molar-refractivity contribution in [2.75, 3.05) is 13.1 Å². The molecular formula is C19H31NO2. The zero-order chi connectivity index (χ0) is 16.3. The van der Waals surface area contributed by atoms with Crippen molar-refractivity contribution in [1.29, 1.82) is 0 Å². The monoisotopic (exact) mass is 305 g/mol. The van der Waals surface area contributed by atoms with Gasteiger partial charge in [-0.25, -0.2) is 0 Å². The lowest BCUT2D eigenvalue weighted by molar-refractivity contribution is -0.110. The highest BCUT2D eigenvalue weighted by Crippen LogP contribution is 2.37. The molecule has 3 heteroatoms. The third-order valence-electron chi connectivity index (χ3n) is 5.16. The molecular weight excluding hydrogens is 274 g/mol. The molecule has 4 unspecified atom stereocenters. The molecule has 0 aromatic rings. The summed E-state index contributed by atoms with van der Waals surface area (Å²) in [6.45, 7) is 9.98. The van der Waals surface area contributed by atoms with Crippen LogP contribution in [-0.4, -0.2) is 45.9 Å². The predicted molar refractivity (Wildman–Crippen MR) is 91.7 cm³/mol. The van der Waals surface area contributed by atoms with E-state index >= 15 is 0 Å². The van der Waals surface area contributed by atoms with Gasteiger partial charge in [0, 0.05) is 12.6 Å². The summed E-state index contributed by atoms with van der Waals surface area (Å²) in [4.78, 5) is 2.32. The standard InChI is InChI=1S/C19H31NO2/c1-5-14(2)8-6-9-15(3)12-16-13-20-11-7-10-17(20)19(4,22)18(16)21/h6,8-9,12,15,17-18,21-22H,5,7,10-11,13H2,1-4H3/b9-6+,14-8+,16-12+. The Kier molecular flexibility index (Phi) is 5.65. The summed E-state index contributed by atoms with van der Waals surface area (Å²) in [6.07, 6.45) is 10.9. The minimum atomic E-state index is -1.04. The van der Waals surface area contributed by atoms with E-state index in [0.29, 0.717) is 0 Å². The van der Waals surface area contributed by atoms with Gasteiger partial charge < -0.3 is 10.2 Å². The molecule has 2 N–H and O–H groups in total. The Morgan fingerprint density at radius 1 is 1.50 bits per heavy atom. The van der Waals surface area contributed by atoms with Crippen LogP contribution in [0.4, 0.5) is 0 Å². The summed E-state index contributed by atoms with van der Waals surface area (Å²) < 4.78 is 0. The highest BCUT2D eigenvalue weighted by atomic mass is 16.3. The van der Waals surface area contributed by atoms with E-state index in [1.807, 2.05) is 0 Å². The Balaban J connectivity index is 2.10. The van der Waals surface area contributed by atoms with Gasteiger partial charge in [-0.1, -0.05) is 43.7 Å². The molecule has 0 aromatic heterocycles. The number of fused-ring (bicyclic) bond motifs is 1. The van der Waals surface area contributed by atoms with Gasteiger partial charge in [0.05, 0.1) is 0 Å². The van der Waals surface area contributed by atoms with Crippen LogP contribution < -0.4 is 0 Å². The van der Waals surface area contributed by atoms with Crippen molar-refractivity contribution in [2.24, 2.45) is 5.92 Å². The van der Waals surface area contributed by atoms with Crippen LogP contribution in [0.3, 0.4) is 0 Å². The van der Waals surface area contributed by atoms with Gasteiger partial charge in [0.25, 0.3) is 0 Å². The molecule has 0 bridgehead atoms. The molecule has 0 aromatic carbocycles. The molecule has 3 nitrogen and oxygen atoms in total. The van der Waals surface area contributed by atoms with E-state index in [0.717, 1.165) is 37.9 Å². The smallest absolute Gasteiger partial charge is 0.107 e. The van der Waals surface area contributed by atoms with Crippen LogP contribution in [-0.2, 0) is 0 Å². The summed E-state index contributed by atoms with van der Waals surface area (Å²) in [7, 11) is 0. The van der Waals surface area contributed by atoms with Crippen molar-refractivity contribution in [1.82, 2.24) is 4.90 Å². The van der Waals surface area contributed by atoms with E-state index in [1.54, 1.807) is 6.92 Å². The molecule has 2 saturated heterocycles. The molecule has 2 fully saturated rings. The Labute approximate surface area is 135 Å². The molecule has 124 valence electrons. The van der Waals surface area contributed by atoms with Crippen molar-refractivity contribution in [2.45, 2.75) is 64.7 Å². The first-order valence-electron chi connectivity index (χ1n) is 8.55. The van der Waals surface area contributed by atoms with E-state index < -0.39 is 11.7 Å². The second-order valence-electron chi connectivity index (χ2n) is 7.11.